The number of carbonyl (C=O) groups is 2. The van der Waals surface area contributed by atoms with Gasteiger partial charge < -0.3 is 20.4 Å². The van der Waals surface area contributed by atoms with Gasteiger partial charge in [-0.05, 0) is 144 Å². The van der Waals surface area contributed by atoms with Crippen molar-refractivity contribution in [1.29, 1.82) is 0 Å². The van der Waals surface area contributed by atoms with Gasteiger partial charge in [-0.15, -0.1) is 0 Å². The van der Waals surface area contributed by atoms with Crippen molar-refractivity contribution >= 4 is 11.8 Å². The molecule has 2 N–H and O–H groups in total. The number of fused-ring (bicyclic) bond motifs is 5. The average Bonchev–Trinajstić information content (AvgIpc) is 3.71. The molecule has 4 rings (SSSR count). The quantitative estimate of drug-likeness (QED) is 0.0597. The molecule has 0 bridgehead atoms. The first-order valence-electron chi connectivity index (χ1n) is 32.7. The number of nitrogens with one attached hydrogen (secondary N) is 2. The highest BCUT2D eigenvalue weighted by molar-refractivity contribution is 5.84. The van der Waals surface area contributed by atoms with Crippen LogP contribution in [0.2, 0.25) is 0 Å². The normalized spacial score (nSPS) is 25.1. The lowest BCUT2D eigenvalue weighted by Crippen LogP contribution is -2.52. The molecule has 7 atom stereocenters. The van der Waals surface area contributed by atoms with E-state index in [-0.39, 0.29) is 18.4 Å². The molecule has 0 spiro atoms. The minimum Gasteiger partial charge on any atom is -0.353 e. The van der Waals surface area contributed by atoms with Crippen molar-refractivity contribution in [2.75, 3.05) is 52.4 Å². The summed E-state index contributed by atoms with van der Waals surface area (Å²) in [5.41, 5.74) is 1.07. The van der Waals surface area contributed by atoms with Crippen LogP contribution in [0.4, 0.5) is 0 Å². The number of rotatable bonds is 45. The molecule has 0 aromatic rings. The largest absolute Gasteiger partial charge is 0.353 e. The van der Waals surface area contributed by atoms with E-state index < -0.39 is 0 Å². The fourth-order valence-electron chi connectivity index (χ4n) is 15.5. The standard InChI is InChI=1S/C65H124N4O2/c1-6-9-12-15-18-21-24-27-30-35-50-68(51-36-31-28-25-22-19-16-13-10-7-2)54-55-69(52-37-32-29-26-23-20-17-14-11-8-3)53-49-66-63(71)56-67-62(70)41-38-40-58-43-45-60-59-44-42-57-39-33-34-47-64(57,4)61(59)46-48-65(58,60)5/h57-61H,6-56H2,1-5H3,(H,66,71)(H,67,70). The Labute approximate surface area is 443 Å². The van der Waals surface area contributed by atoms with E-state index in [9.17, 15) is 9.59 Å². The minimum atomic E-state index is -0.0370. The van der Waals surface area contributed by atoms with Gasteiger partial charge in [0.2, 0.25) is 11.8 Å². The second-order valence-electron chi connectivity index (χ2n) is 25.5. The predicted molar refractivity (Wildman–Crippen MR) is 308 cm³/mol. The summed E-state index contributed by atoms with van der Waals surface area (Å²) in [6, 6.07) is 0. The molecule has 4 aliphatic carbocycles. The van der Waals surface area contributed by atoms with Crippen LogP contribution in [0.25, 0.3) is 0 Å². The van der Waals surface area contributed by atoms with E-state index in [4.69, 9.17) is 0 Å². The first-order chi connectivity index (χ1) is 34.7. The van der Waals surface area contributed by atoms with E-state index >= 15 is 0 Å². The molecule has 6 nitrogen and oxygen atoms in total. The summed E-state index contributed by atoms with van der Waals surface area (Å²) in [5.74, 6) is 4.57. The highest BCUT2D eigenvalue weighted by Crippen LogP contribution is 2.68. The van der Waals surface area contributed by atoms with Crippen LogP contribution < -0.4 is 10.6 Å². The molecular formula is C65H124N4O2. The van der Waals surface area contributed by atoms with E-state index in [2.05, 4.69) is 55.1 Å². The van der Waals surface area contributed by atoms with Crippen LogP contribution in [0.3, 0.4) is 0 Å². The van der Waals surface area contributed by atoms with Gasteiger partial charge in [0.1, 0.15) is 0 Å². The molecule has 0 aromatic carbocycles. The Morgan fingerprint density at radius 3 is 1.39 bits per heavy atom. The van der Waals surface area contributed by atoms with Gasteiger partial charge in [0.25, 0.3) is 0 Å². The molecule has 0 heterocycles. The second-order valence-corrected chi connectivity index (χ2v) is 25.5. The van der Waals surface area contributed by atoms with E-state index in [1.165, 1.54) is 276 Å². The second kappa shape index (κ2) is 38.4. The van der Waals surface area contributed by atoms with E-state index in [0.717, 1.165) is 62.2 Å². The van der Waals surface area contributed by atoms with Crippen LogP contribution in [0.15, 0.2) is 0 Å². The molecule has 0 aromatic heterocycles. The number of hydrogen-bond donors (Lipinski definition) is 2. The zero-order chi connectivity index (χ0) is 50.7. The van der Waals surface area contributed by atoms with Crippen molar-refractivity contribution in [2.45, 2.75) is 311 Å². The third kappa shape index (κ3) is 24.2. The van der Waals surface area contributed by atoms with Gasteiger partial charge in [0.05, 0.1) is 6.54 Å². The van der Waals surface area contributed by atoms with Crippen molar-refractivity contribution in [3.05, 3.63) is 0 Å². The zero-order valence-electron chi connectivity index (χ0n) is 48.7. The maximum Gasteiger partial charge on any atom is 0.239 e. The summed E-state index contributed by atoms with van der Waals surface area (Å²) in [6.07, 6.45) is 58.7. The first-order valence-corrected chi connectivity index (χ1v) is 32.7. The Morgan fingerprint density at radius 1 is 0.423 bits per heavy atom. The van der Waals surface area contributed by atoms with Crippen LogP contribution in [0.5, 0.6) is 0 Å². The number of carbonyl (C=O) groups excluding carboxylic acids is 2. The third-order valence-corrected chi connectivity index (χ3v) is 20.1. The number of nitrogens with zero attached hydrogens (tertiary/aromatic N) is 2. The molecule has 71 heavy (non-hydrogen) atoms. The Morgan fingerprint density at radius 2 is 0.887 bits per heavy atom. The van der Waals surface area contributed by atoms with E-state index in [1.54, 1.807) is 0 Å². The molecule has 0 saturated heterocycles. The third-order valence-electron chi connectivity index (χ3n) is 20.1. The average molecular weight is 994 g/mol. The molecule has 4 fully saturated rings. The molecule has 2 amide bonds. The smallest absolute Gasteiger partial charge is 0.239 e. The van der Waals surface area contributed by atoms with Crippen molar-refractivity contribution < 1.29 is 9.59 Å². The lowest BCUT2D eigenvalue weighted by molar-refractivity contribution is -0.126. The molecule has 0 aliphatic heterocycles. The Bertz CT molecular complexity index is 1300. The van der Waals surface area contributed by atoms with Crippen molar-refractivity contribution in [1.82, 2.24) is 20.4 Å². The van der Waals surface area contributed by atoms with Gasteiger partial charge in [-0.1, -0.05) is 221 Å². The summed E-state index contributed by atoms with van der Waals surface area (Å²) in [5, 5.41) is 6.22. The van der Waals surface area contributed by atoms with Gasteiger partial charge in [-0.3, -0.25) is 9.59 Å². The minimum absolute atomic E-state index is 0.0370. The van der Waals surface area contributed by atoms with Crippen LogP contribution in [-0.2, 0) is 9.59 Å². The summed E-state index contributed by atoms with van der Waals surface area (Å²) < 4.78 is 0. The Kier molecular flexibility index (Phi) is 33.8. The molecule has 0 radical (unpaired) electrons. The lowest BCUT2D eigenvalue weighted by atomic mass is 9.45. The van der Waals surface area contributed by atoms with Crippen molar-refractivity contribution in [3.63, 3.8) is 0 Å². The van der Waals surface area contributed by atoms with Gasteiger partial charge in [0, 0.05) is 32.6 Å². The molecule has 416 valence electrons. The van der Waals surface area contributed by atoms with Gasteiger partial charge in [-0.2, -0.15) is 0 Å². The summed E-state index contributed by atoms with van der Waals surface area (Å²) >= 11 is 0. The fourth-order valence-corrected chi connectivity index (χ4v) is 15.5. The molecular weight excluding hydrogens is 869 g/mol. The number of unbranched alkanes of at least 4 members (excludes halogenated alkanes) is 27. The maximum atomic E-state index is 13.1. The SMILES string of the molecule is CCCCCCCCCCCCN(CCCCCCCCCCCC)CCN(CCCCCCCCCCCC)CCNC(=O)CNC(=O)CCCC1CCC2C3CCC4CCCCC4(C)C3CCC12C. The first kappa shape index (κ1) is 62.4. The number of hydrogen-bond acceptors (Lipinski definition) is 4. The Balaban J connectivity index is 1.17. The predicted octanol–water partition coefficient (Wildman–Crippen LogP) is 17.8. The molecule has 4 saturated carbocycles. The monoisotopic (exact) mass is 993 g/mol. The summed E-state index contributed by atoms with van der Waals surface area (Å²) in [6.45, 7) is 19.7. The molecule has 7 unspecified atom stereocenters. The van der Waals surface area contributed by atoms with Crippen molar-refractivity contribution in [2.24, 2.45) is 40.4 Å². The Hall–Kier alpha value is -1.14. The lowest BCUT2D eigenvalue weighted by Gasteiger charge is -2.60. The van der Waals surface area contributed by atoms with Crippen LogP contribution in [0, 0.1) is 40.4 Å². The summed E-state index contributed by atoms with van der Waals surface area (Å²) in [4.78, 5) is 31.7. The highest BCUT2D eigenvalue weighted by atomic mass is 16.2. The maximum absolute atomic E-state index is 13.1. The fraction of sp³-hybridized carbons (Fsp3) is 0.969. The van der Waals surface area contributed by atoms with Crippen LogP contribution in [0.1, 0.15) is 311 Å². The molecule has 4 aliphatic rings. The zero-order valence-corrected chi connectivity index (χ0v) is 48.7. The van der Waals surface area contributed by atoms with Gasteiger partial charge >= 0.3 is 0 Å². The highest BCUT2D eigenvalue weighted by Gasteiger charge is 2.59. The van der Waals surface area contributed by atoms with E-state index in [0.29, 0.717) is 23.8 Å². The summed E-state index contributed by atoms with van der Waals surface area (Å²) in [7, 11) is 0. The van der Waals surface area contributed by atoms with E-state index in [1.807, 2.05) is 0 Å². The topological polar surface area (TPSA) is 64.7 Å². The van der Waals surface area contributed by atoms with Gasteiger partial charge in [0.15, 0.2) is 0 Å². The van der Waals surface area contributed by atoms with Crippen LogP contribution >= 0.6 is 0 Å². The van der Waals surface area contributed by atoms with Crippen LogP contribution in [-0.4, -0.2) is 74.0 Å². The van der Waals surface area contributed by atoms with Gasteiger partial charge in [-0.25, -0.2) is 0 Å². The number of amides is 2. The molecule has 6 heteroatoms. The van der Waals surface area contributed by atoms with Crippen molar-refractivity contribution in [3.8, 4) is 0 Å².